The fourth-order valence-corrected chi connectivity index (χ4v) is 4.33. The molecule has 0 spiro atoms. The first-order chi connectivity index (χ1) is 16.9. The Balaban J connectivity index is 1.42. The van der Waals surface area contributed by atoms with Gasteiger partial charge in [-0.3, -0.25) is 14.4 Å². The molecule has 0 amide bonds. The predicted molar refractivity (Wildman–Crippen MR) is 134 cm³/mol. The highest BCUT2D eigenvalue weighted by molar-refractivity contribution is 6.18. The number of benzene rings is 4. The molecule has 5 rings (SSSR count). The molecule has 0 radical (unpaired) electrons. The van der Waals surface area contributed by atoms with E-state index in [1.807, 2.05) is 48.5 Å². The first-order valence-electron chi connectivity index (χ1n) is 11.1. The summed E-state index contributed by atoms with van der Waals surface area (Å²) in [5, 5.41) is 11.1. The highest BCUT2D eigenvalue weighted by atomic mass is 16.4. The number of rotatable bonds is 7. The zero-order valence-electron chi connectivity index (χ0n) is 18.6. The van der Waals surface area contributed by atoms with E-state index in [0.717, 1.165) is 16.5 Å². The van der Waals surface area contributed by atoms with Gasteiger partial charge in [-0.15, -0.1) is 0 Å². The summed E-state index contributed by atoms with van der Waals surface area (Å²) in [6.07, 6.45) is -0.500. The summed E-state index contributed by atoms with van der Waals surface area (Å²) in [7, 11) is 0. The third kappa shape index (κ3) is 4.06. The van der Waals surface area contributed by atoms with Gasteiger partial charge in [-0.1, -0.05) is 72.8 Å². The second-order valence-electron chi connectivity index (χ2n) is 8.32. The Morgan fingerprint density at radius 2 is 1.43 bits per heavy atom. The lowest BCUT2D eigenvalue weighted by atomic mass is 9.89. The van der Waals surface area contributed by atoms with Crippen LogP contribution >= 0.6 is 0 Å². The van der Waals surface area contributed by atoms with E-state index in [-0.39, 0.29) is 16.8 Å². The largest absolute Gasteiger partial charge is 0.481 e. The first kappa shape index (κ1) is 22.1. The fraction of sp³-hybridized carbons (Fsp3) is 0.0690. The molecule has 4 aromatic carbocycles. The van der Waals surface area contributed by atoms with Crippen LogP contribution in [0.3, 0.4) is 0 Å². The minimum Gasteiger partial charge on any atom is -0.481 e. The minimum absolute atomic E-state index is 0.169. The third-order valence-corrected chi connectivity index (χ3v) is 6.16. The molecule has 1 atom stereocenters. The van der Waals surface area contributed by atoms with Crippen LogP contribution in [-0.2, 0) is 4.79 Å². The van der Waals surface area contributed by atoms with Gasteiger partial charge in [0.2, 0.25) is 0 Å². The van der Waals surface area contributed by atoms with E-state index in [1.54, 1.807) is 36.4 Å². The number of carbonyl (C=O) groups excluding carboxylic acids is 2. The van der Waals surface area contributed by atoms with Crippen molar-refractivity contribution in [3.63, 3.8) is 0 Å². The number of hydrogen-bond acceptors (Lipinski definition) is 5. The lowest BCUT2D eigenvalue weighted by molar-refractivity contribution is -0.139. The van der Waals surface area contributed by atoms with Crippen LogP contribution in [0.1, 0.15) is 27.1 Å². The molecule has 0 fully saturated rings. The molecule has 0 bridgehead atoms. The maximum atomic E-state index is 13.1. The maximum Gasteiger partial charge on any atom is 0.314 e. The SMILES string of the molecule is Nc1c(C(=O)CC(C(=O)O)C(=O)c2ccc(-c3ccccc3)cc2)ccc2oc3ccccc3c12. The van der Waals surface area contributed by atoms with Crippen molar-refractivity contribution in [1.29, 1.82) is 0 Å². The lowest BCUT2D eigenvalue weighted by Gasteiger charge is -2.13. The van der Waals surface area contributed by atoms with Gasteiger partial charge in [0.25, 0.3) is 0 Å². The van der Waals surface area contributed by atoms with Gasteiger partial charge in [0.15, 0.2) is 11.6 Å². The highest BCUT2D eigenvalue weighted by Crippen LogP contribution is 2.35. The molecule has 3 N–H and O–H groups in total. The van der Waals surface area contributed by atoms with Crippen molar-refractivity contribution in [2.24, 2.45) is 5.92 Å². The predicted octanol–water partition coefficient (Wildman–Crippen LogP) is 5.99. The number of anilines is 1. The van der Waals surface area contributed by atoms with E-state index in [0.29, 0.717) is 16.6 Å². The van der Waals surface area contributed by atoms with Gasteiger partial charge in [-0.05, 0) is 29.3 Å². The molecule has 1 unspecified atom stereocenters. The van der Waals surface area contributed by atoms with Crippen LogP contribution in [0, 0.1) is 5.92 Å². The van der Waals surface area contributed by atoms with E-state index in [1.165, 1.54) is 6.07 Å². The number of carbonyl (C=O) groups is 3. The Morgan fingerprint density at radius 1 is 0.771 bits per heavy atom. The van der Waals surface area contributed by atoms with E-state index < -0.39 is 29.9 Å². The van der Waals surface area contributed by atoms with Crippen molar-refractivity contribution in [2.45, 2.75) is 6.42 Å². The quantitative estimate of drug-likeness (QED) is 0.174. The molecule has 6 nitrogen and oxygen atoms in total. The van der Waals surface area contributed by atoms with Crippen molar-refractivity contribution < 1.29 is 23.9 Å². The number of fused-ring (bicyclic) bond motifs is 3. The Morgan fingerprint density at radius 3 is 2.14 bits per heavy atom. The van der Waals surface area contributed by atoms with E-state index >= 15 is 0 Å². The minimum atomic E-state index is -1.53. The van der Waals surface area contributed by atoms with E-state index in [2.05, 4.69) is 0 Å². The second kappa shape index (κ2) is 8.91. The Kier molecular flexibility index (Phi) is 5.63. The van der Waals surface area contributed by atoms with Crippen LogP contribution in [0.2, 0.25) is 0 Å². The molecule has 35 heavy (non-hydrogen) atoms. The number of para-hydroxylation sites is 1. The van der Waals surface area contributed by atoms with Crippen molar-refractivity contribution in [3.05, 3.63) is 102 Å². The average molecular weight is 463 g/mol. The van der Waals surface area contributed by atoms with Crippen molar-refractivity contribution in [3.8, 4) is 11.1 Å². The number of carboxylic acids is 1. The summed E-state index contributed by atoms with van der Waals surface area (Å²) in [6, 6.07) is 26.8. The van der Waals surface area contributed by atoms with Gasteiger partial charge in [-0.25, -0.2) is 0 Å². The van der Waals surface area contributed by atoms with Gasteiger partial charge in [0.05, 0.1) is 11.1 Å². The van der Waals surface area contributed by atoms with Crippen LogP contribution in [0.15, 0.2) is 95.4 Å². The summed E-state index contributed by atoms with van der Waals surface area (Å²) in [5.74, 6) is -4.03. The maximum absolute atomic E-state index is 13.1. The molecule has 1 aromatic heterocycles. The van der Waals surface area contributed by atoms with Gasteiger partial charge in [0.1, 0.15) is 17.1 Å². The van der Waals surface area contributed by atoms with Gasteiger partial charge in [0, 0.05) is 22.9 Å². The van der Waals surface area contributed by atoms with Gasteiger partial charge in [-0.2, -0.15) is 0 Å². The lowest BCUT2D eigenvalue weighted by Crippen LogP contribution is -2.27. The molecule has 0 aliphatic rings. The second-order valence-corrected chi connectivity index (χ2v) is 8.32. The van der Waals surface area contributed by atoms with Crippen LogP contribution in [0.4, 0.5) is 5.69 Å². The topological polar surface area (TPSA) is 111 Å². The number of hydrogen-bond donors (Lipinski definition) is 2. The molecule has 172 valence electrons. The Hall–Kier alpha value is -4.71. The number of ketones is 2. The summed E-state index contributed by atoms with van der Waals surface area (Å²) >= 11 is 0. The molecular weight excluding hydrogens is 442 g/mol. The third-order valence-electron chi connectivity index (χ3n) is 6.16. The molecule has 0 saturated carbocycles. The number of furan rings is 1. The zero-order chi connectivity index (χ0) is 24.5. The zero-order valence-corrected chi connectivity index (χ0v) is 18.6. The molecule has 5 aromatic rings. The molecule has 0 aliphatic carbocycles. The van der Waals surface area contributed by atoms with Crippen molar-refractivity contribution in [1.82, 2.24) is 0 Å². The number of nitrogen functional groups attached to an aromatic ring is 1. The normalized spacial score (nSPS) is 12.0. The van der Waals surface area contributed by atoms with Crippen LogP contribution in [-0.4, -0.2) is 22.6 Å². The Bertz CT molecular complexity index is 1580. The first-order valence-corrected chi connectivity index (χ1v) is 11.1. The van der Waals surface area contributed by atoms with Crippen LogP contribution in [0.5, 0.6) is 0 Å². The molecule has 0 saturated heterocycles. The number of nitrogens with two attached hydrogens (primary N) is 1. The number of Topliss-reactive ketones (excluding diaryl/α,β-unsaturated/α-hetero) is 2. The van der Waals surface area contributed by atoms with Gasteiger partial charge >= 0.3 is 5.97 Å². The average Bonchev–Trinajstić information content (AvgIpc) is 3.27. The fourth-order valence-electron chi connectivity index (χ4n) is 4.33. The summed E-state index contributed by atoms with van der Waals surface area (Å²) in [6.45, 7) is 0. The summed E-state index contributed by atoms with van der Waals surface area (Å²) in [5.41, 5.74) is 9.99. The van der Waals surface area contributed by atoms with Crippen molar-refractivity contribution >= 4 is 45.2 Å². The standard InChI is InChI=1S/C29H21NO5/c30-27-20(14-15-25-26(27)21-8-4-5-9-24(21)35-25)23(31)16-22(29(33)34)28(32)19-12-10-18(11-13-19)17-6-2-1-3-7-17/h1-15,22H,16,30H2,(H,33,34). The molecular formula is C29H21NO5. The van der Waals surface area contributed by atoms with E-state index in [4.69, 9.17) is 10.2 Å². The molecule has 1 heterocycles. The molecule has 6 heteroatoms. The number of carboxylic acid groups (broad SMARTS) is 1. The molecule has 0 aliphatic heterocycles. The Labute approximate surface area is 200 Å². The van der Waals surface area contributed by atoms with Crippen LogP contribution < -0.4 is 5.73 Å². The number of aliphatic carboxylic acids is 1. The van der Waals surface area contributed by atoms with Crippen molar-refractivity contribution in [2.75, 3.05) is 5.73 Å². The van der Waals surface area contributed by atoms with Gasteiger partial charge < -0.3 is 15.3 Å². The monoisotopic (exact) mass is 463 g/mol. The smallest absolute Gasteiger partial charge is 0.314 e. The summed E-state index contributed by atoms with van der Waals surface area (Å²) < 4.78 is 5.79. The van der Waals surface area contributed by atoms with E-state index in [9.17, 15) is 19.5 Å². The van der Waals surface area contributed by atoms with Crippen LogP contribution in [0.25, 0.3) is 33.1 Å². The summed E-state index contributed by atoms with van der Waals surface area (Å²) in [4.78, 5) is 38.2. The highest BCUT2D eigenvalue weighted by Gasteiger charge is 2.31.